The third-order valence-electron chi connectivity index (χ3n) is 2.78. The van der Waals surface area contributed by atoms with Gasteiger partial charge in [0.15, 0.2) is 11.5 Å². The van der Waals surface area contributed by atoms with Crippen LogP contribution < -0.4 is 14.8 Å². The molecule has 0 bridgehead atoms. The van der Waals surface area contributed by atoms with Crippen molar-refractivity contribution in [1.82, 2.24) is 5.32 Å². The third kappa shape index (κ3) is 4.07. The van der Waals surface area contributed by atoms with Crippen LogP contribution in [0.4, 0.5) is 0 Å². The second-order valence-corrected chi connectivity index (χ2v) is 4.17. The Morgan fingerprint density at radius 3 is 2.95 bits per heavy atom. The number of fused-ring (bicyclic) bond motifs is 1. The molecule has 0 fully saturated rings. The van der Waals surface area contributed by atoms with Crippen LogP contribution in [0.25, 0.3) is 0 Å². The van der Waals surface area contributed by atoms with Crippen molar-refractivity contribution in [2.75, 3.05) is 39.7 Å². The summed E-state index contributed by atoms with van der Waals surface area (Å²) in [5, 5.41) is 21.6. The van der Waals surface area contributed by atoms with Crippen LogP contribution in [0.2, 0.25) is 0 Å². The molecule has 6 nitrogen and oxygen atoms in total. The van der Waals surface area contributed by atoms with Gasteiger partial charge in [0.1, 0.15) is 0 Å². The van der Waals surface area contributed by atoms with Gasteiger partial charge in [-0.25, -0.2) is 0 Å². The maximum atomic E-state index is 10.0. The minimum atomic E-state index is -0.604. The van der Waals surface area contributed by atoms with E-state index in [1.165, 1.54) is 0 Å². The second-order valence-electron chi connectivity index (χ2n) is 4.17. The van der Waals surface area contributed by atoms with Crippen LogP contribution in [-0.2, 0) is 4.74 Å². The predicted molar refractivity (Wildman–Crippen MR) is 68.3 cm³/mol. The summed E-state index contributed by atoms with van der Waals surface area (Å²) in [7, 11) is 0. The zero-order chi connectivity index (χ0) is 13.5. The van der Waals surface area contributed by atoms with Gasteiger partial charge in [0, 0.05) is 13.1 Å². The zero-order valence-electron chi connectivity index (χ0n) is 10.7. The number of ether oxygens (including phenoxy) is 3. The van der Waals surface area contributed by atoms with Crippen LogP contribution >= 0.6 is 0 Å². The maximum absolute atomic E-state index is 10.0. The molecular weight excluding hydrogens is 250 g/mol. The average Bonchev–Trinajstić information content (AvgIpc) is 2.89. The highest BCUT2D eigenvalue weighted by atomic mass is 16.7. The lowest BCUT2D eigenvalue weighted by Gasteiger charge is -2.12. The number of benzene rings is 1. The van der Waals surface area contributed by atoms with Crippen LogP contribution in [0.1, 0.15) is 11.7 Å². The largest absolute Gasteiger partial charge is 0.454 e. The highest BCUT2D eigenvalue weighted by Crippen LogP contribution is 2.33. The number of aliphatic hydroxyl groups is 2. The van der Waals surface area contributed by atoms with Gasteiger partial charge in [-0.05, 0) is 17.7 Å². The third-order valence-corrected chi connectivity index (χ3v) is 2.78. The van der Waals surface area contributed by atoms with E-state index >= 15 is 0 Å². The Labute approximate surface area is 111 Å². The summed E-state index contributed by atoms with van der Waals surface area (Å²) in [6.07, 6.45) is -0.604. The van der Waals surface area contributed by atoms with E-state index < -0.39 is 6.10 Å². The Morgan fingerprint density at radius 2 is 2.11 bits per heavy atom. The highest BCUT2D eigenvalue weighted by molar-refractivity contribution is 5.45. The molecule has 0 spiro atoms. The first kappa shape index (κ1) is 14.1. The molecular formula is C13H19NO5. The summed E-state index contributed by atoms with van der Waals surface area (Å²) in [6.45, 7) is 2.17. The number of rotatable bonds is 8. The molecule has 1 aromatic carbocycles. The molecule has 2 rings (SSSR count). The van der Waals surface area contributed by atoms with Gasteiger partial charge >= 0.3 is 0 Å². The van der Waals surface area contributed by atoms with Gasteiger partial charge in [-0.3, -0.25) is 0 Å². The van der Waals surface area contributed by atoms with Gasteiger partial charge < -0.3 is 29.7 Å². The molecule has 0 saturated carbocycles. The van der Waals surface area contributed by atoms with E-state index in [0.717, 1.165) is 5.56 Å². The molecule has 6 heteroatoms. The van der Waals surface area contributed by atoms with Crippen molar-refractivity contribution in [3.8, 4) is 11.5 Å². The molecule has 1 aliphatic heterocycles. The van der Waals surface area contributed by atoms with Crippen LogP contribution in [0.5, 0.6) is 11.5 Å². The topological polar surface area (TPSA) is 80.2 Å². The summed E-state index contributed by atoms with van der Waals surface area (Å²) < 4.78 is 15.6. The highest BCUT2D eigenvalue weighted by Gasteiger charge is 2.16. The predicted octanol–water partition coefficient (Wildman–Crippen LogP) is 0.0472. The first-order valence-corrected chi connectivity index (χ1v) is 6.28. The van der Waals surface area contributed by atoms with E-state index in [4.69, 9.17) is 19.3 Å². The summed E-state index contributed by atoms with van der Waals surface area (Å²) in [6, 6.07) is 5.41. The van der Waals surface area contributed by atoms with E-state index in [-0.39, 0.29) is 13.4 Å². The molecule has 3 N–H and O–H groups in total. The van der Waals surface area contributed by atoms with Crippen molar-refractivity contribution in [3.05, 3.63) is 23.8 Å². The summed E-state index contributed by atoms with van der Waals surface area (Å²) in [5.74, 6) is 1.38. The monoisotopic (exact) mass is 269 g/mol. The molecule has 0 radical (unpaired) electrons. The molecule has 0 aromatic heterocycles. The molecule has 0 amide bonds. The Balaban J connectivity index is 1.72. The minimum Gasteiger partial charge on any atom is -0.454 e. The molecule has 0 aliphatic carbocycles. The summed E-state index contributed by atoms with van der Waals surface area (Å²) >= 11 is 0. The number of aliphatic hydroxyl groups excluding tert-OH is 2. The maximum Gasteiger partial charge on any atom is 0.231 e. The van der Waals surface area contributed by atoms with E-state index in [9.17, 15) is 5.11 Å². The fourth-order valence-electron chi connectivity index (χ4n) is 1.79. The number of hydrogen-bond donors (Lipinski definition) is 3. The van der Waals surface area contributed by atoms with Crippen LogP contribution in [-0.4, -0.2) is 49.9 Å². The molecule has 1 heterocycles. The number of nitrogens with one attached hydrogen (secondary N) is 1. The van der Waals surface area contributed by atoms with Crippen molar-refractivity contribution in [2.24, 2.45) is 0 Å². The SMILES string of the molecule is OCCOCCNCC(O)c1ccc2c(c1)OCO2. The molecule has 1 aliphatic rings. The normalized spacial score (nSPS) is 14.6. The fraction of sp³-hybridized carbons (Fsp3) is 0.538. The fourth-order valence-corrected chi connectivity index (χ4v) is 1.79. The molecule has 19 heavy (non-hydrogen) atoms. The average molecular weight is 269 g/mol. The van der Waals surface area contributed by atoms with Gasteiger partial charge in [-0.15, -0.1) is 0 Å². The molecule has 1 unspecified atom stereocenters. The molecule has 1 aromatic rings. The van der Waals surface area contributed by atoms with E-state index in [2.05, 4.69) is 5.32 Å². The van der Waals surface area contributed by atoms with Crippen molar-refractivity contribution in [1.29, 1.82) is 0 Å². The smallest absolute Gasteiger partial charge is 0.231 e. The van der Waals surface area contributed by atoms with Crippen molar-refractivity contribution in [3.63, 3.8) is 0 Å². The van der Waals surface area contributed by atoms with Gasteiger partial charge in [0.25, 0.3) is 0 Å². The Kier molecular flexibility index (Phi) is 5.41. The Bertz CT molecular complexity index is 399. The van der Waals surface area contributed by atoms with Gasteiger partial charge in [0.05, 0.1) is 25.9 Å². The number of hydrogen-bond acceptors (Lipinski definition) is 6. The van der Waals surface area contributed by atoms with Gasteiger partial charge in [-0.1, -0.05) is 6.07 Å². The van der Waals surface area contributed by atoms with Crippen molar-refractivity contribution >= 4 is 0 Å². The summed E-state index contributed by atoms with van der Waals surface area (Å²) in [5.41, 5.74) is 0.785. The standard InChI is InChI=1S/C13H19NO5/c15-4-6-17-5-3-14-8-11(16)10-1-2-12-13(7-10)19-9-18-12/h1-2,7,11,14-16H,3-6,8-9H2. The van der Waals surface area contributed by atoms with Crippen LogP contribution in [0.3, 0.4) is 0 Å². The first-order valence-electron chi connectivity index (χ1n) is 6.28. The lowest BCUT2D eigenvalue weighted by Crippen LogP contribution is -2.25. The van der Waals surface area contributed by atoms with Crippen molar-refractivity contribution in [2.45, 2.75) is 6.10 Å². The molecule has 0 saturated heterocycles. The minimum absolute atomic E-state index is 0.0276. The molecule has 106 valence electrons. The van der Waals surface area contributed by atoms with E-state index in [1.54, 1.807) is 12.1 Å². The molecule has 1 atom stereocenters. The van der Waals surface area contributed by atoms with Gasteiger partial charge in [0.2, 0.25) is 6.79 Å². The quantitative estimate of drug-likeness (QED) is 0.579. The van der Waals surface area contributed by atoms with E-state index in [1.807, 2.05) is 6.07 Å². The van der Waals surface area contributed by atoms with Crippen LogP contribution in [0.15, 0.2) is 18.2 Å². The zero-order valence-corrected chi connectivity index (χ0v) is 10.7. The Morgan fingerprint density at radius 1 is 1.26 bits per heavy atom. The lowest BCUT2D eigenvalue weighted by atomic mass is 10.1. The van der Waals surface area contributed by atoms with Crippen LogP contribution in [0, 0.1) is 0 Å². The summed E-state index contributed by atoms with van der Waals surface area (Å²) in [4.78, 5) is 0. The van der Waals surface area contributed by atoms with E-state index in [0.29, 0.717) is 37.8 Å². The van der Waals surface area contributed by atoms with Crippen molar-refractivity contribution < 1.29 is 24.4 Å². The first-order chi connectivity index (χ1) is 9.31. The lowest BCUT2D eigenvalue weighted by molar-refractivity contribution is 0.0910. The van der Waals surface area contributed by atoms with Gasteiger partial charge in [-0.2, -0.15) is 0 Å². The second kappa shape index (κ2) is 7.30. The Hall–Kier alpha value is -1.34.